The Morgan fingerprint density at radius 1 is 0.676 bits per heavy atom. The van der Waals surface area contributed by atoms with Gasteiger partial charge in [0.05, 0.1) is 21.1 Å². The minimum atomic E-state index is 0.0126. The van der Waals surface area contributed by atoms with E-state index in [0.717, 1.165) is 52.5 Å². The second kappa shape index (κ2) is 11.7. The number of halogens is 1. The predicted molar refractivity (Wildman–Crippen MR) is 162 cm³/mol. The van der Waals surface area contributed by atoms with Crippen molar-refractivity contribution < 1.29 is 9.59 Å². The normalized spacial score (nSPS) is 14.2. The topological polar surface area (TPSA) is 86.2 Å². The van der Waals surface area contributed by atoms with Crippen molar-refractivity contribution >= 4 is 79.4 Å². The molecular weight excluding hydrogens is 560 g/mol. The molecule has 0 amide bonds. The monoisotopic (exact) mass is 584 g/mol. The highest BCUT2D eigenvalue weighted by atomic mass is 35.5. The van der Waals surface area contributed by atoms with Crippen molar-refractivity contribution in [1.29, 1.82) is 0 Å². The first kappa shape index (κ1) is 26.4. The highest BCUT2D eigenvalue weighted by molar-refractivity contribution is 7.98. The highest BCUT2D eigenvalue weighted by Crippen LogP contribution is 2.40. The van der Waals surface area contributed by atoms with E-state index < -0.39 is 0 Å². The zero-order chi connectivity index (χ0) is 25.9. The molecule has 0 radical (unpaired) electrons. The zero-order valence-electron chi connectivity index (χ0n) is 19.9. The van der Waals surface area contributed by atoms with Gasteiger partial charge in [-0.3, -0.25) is 9.59 Å². The van der Waals surface area contributed by atoms with E-state index in [1.165, 1.54) is 15.3 Å². The fourth-order valence-corrected chi connectivity index (χ4v) is 9.11. The van der Waals surface area contributed by atoms with Crippen LogP contribution in [0.3, 0.4) is 0 Å². The maximum Gasteiger partial charge on any atom is 0.196 e. The molecule has 0 unspecified atom stereocenters. The van der Waals surface area contributed by atoms with E-state index in [9.17, 15) is 9.59 Å². The third-order valence-corrected chi connectivity index (χ3v) is 11.0. The standard InChI is InChI=1S/C14H12ClNOS2.C14H13NOS2/c15-9-3-1-8(2-4-9)13(17)12-10-5-6-18-7-11(10)19-14(12)16;15-14-12(10-6-7-17-8-11(10)18-14)13(16)9-4-2-1-3-5-9/h1-4H,5-7,16H2;1-5H,6-8,15H2. The van der Waals surface area contributed by atoms with Crippen molar-refractivity contribution in [2.75, 3.05) is 23.0 Å². The van der Waals surface area contributed by atoms with Crippen LogP contribution in [0.2, 0.25) is 5.02 Å². The summed E-state index contributed by atoms with van der Waals surface area (Å²) in [5.74, 6) is 4.18. The number of hydrogen-bond donors (Lipinski definition) is 2. The maximum absolute atomic E-state index is 12.6. The van der Waals surface area contributed by atoms with Crippen LogP contribution in [0.4, 0.5) is 10.0 Å². The highest BCUT2D eigenvalue weighted by Gasteiger charge is 2.26. The van der Waals surface area contributed by atoms with Crippen LogP contribution in [0, 0.1) is 0 Å². The predicted octanol–water partition coefficient (Wildman–Crippen LogP) is 7.35. The molecule has 0 fully saturated rings. The third-order valence-electron chi connectivity index (χ3n) is 6.29. The number of rotatable bonds is 4. The van der Waals surface area contributed by atoms with E-state index in [0.29, 0.717) is 26.2 Å². The number of anilines is 2. The van der Waals surface area contributed by atoms with E-state index in [1.54, 1.807) is 46.9 Å². The first-order chi connectivity index (χ1) is 17.9. The fourth-order valence-electron chi connectivity index (χ4n) is 4.48. The van der Waals surface area contributed by atoms with Gasteiger partial charge in [0, 0.05) is 37.4 Å². The van der Waals surface area contributed by atoms with Crippen molar-refractivity contribution in [3.05, 3.63) is 103 Å². The molecule has 2 aromatic carbocycles. The summed E-state index contributed by atoms with van der Waals surface area (Å²) in [5, 5.41) is 1.96. The minimum absolute atomic E-state index is 0.0126. The number of carbonyl (C=O) groups excluding carboxylic acids is 2. The van der Waals surface area contributed by atoms with Crippen molar-refractivity contribution in [3.63, 3.8) is 0 Å². The SMILES string of the molecule is Nc1sc2c(c1C(=O)c1ccc(Cl)cc1)CCSC2.Nc1sc2c(c1C(=O)c1ccccc1)CCSC2. The smallest absolute Gasteiger partial charge is 0.196 e. The summed E-state index contributed by atoms with van der Waals surface area (Å²) in [4.78, 5) is 27.6. The number of thiophene rings is 2. The van der Waals surface area contributed by atoms with Gasteiger partial charge in [0.15, 0.2) is 11.6 Å². The van der Waals surface area contributed by atoms with Crippen LogP contribution < -0.4 is 11.5 Å². The van der Waals surface area contributed by atoms with Crippen molar-refractivity contribution in [1.82, 2.24) is 0 Å². The van der Waals surface area contributed by atoms with Gasteiger partial charge in [0.2, 0.25) is 0 Å². The quantitative estimate of drug-likeness (QED) is 0.244. The van der Waals surface area contributed by atoms with Crippen LogP contribution in [-0.4, -0.2) is 23.1 Å². The molecule has 0 bridgehead atoms. The molecule has 4 aromatic rings. The molecule has 2 aliphatic heterocycles. The summed E-state index contributed by atoms with van der Waals surface area (Å²) in [6, 6.07) is 16.4. The Kier molecular flexibility index (Phi) is 8.31. The van der Waals surface area contributed by atoms with Gasteiger partial charge < -0.3 is 11.5 Å². The van der Waals surface area contributed by atoms with E-state index in [2.05, 4.69) is 0 Å². The molecule has 0 saturated carbocycles. The number of nitrogens with two attached hydrogens (primary N) is 2. The molecule has 9 heteroatoms. The fraction of sp³-hybridized carbons (Fsp3) is 0.214. The van der Waals surface area contributed by atoms with Crippen LogP contribution in [0.15, 0.2) is 54.6 Å². The number of thioether (sulfide) groups is 2. The Labute approximate surface area is 237 Å². The number of hydrogen-bond acceptors (Lipinski definition) is 8. The van der Waals surface area contributed by atoms with Crippen molar-refractivity contribution in [2.24, 2.45) is 0 Å². The lowest BCUT2D eigenvalue weighted by Crippen LogP contribution is -2.09. The van der Waals surface area contributed by atoms with Gasteiger partial charge in [-0.2, -0.15) is 23.5 Å². The second-order valence-corrected chi connectivity index (χ2v) is 13.5. The molecule has 6 rings (SSSR count). The molecule has 4 N–H and O–H groups in total. The first-order valence-corrected chi connectivity index (χ1v) is 16.1. The van der Waals surface area contributed by atoms with E-state index >= 15 is 0 Å². The van der Waals surface area contributed by atoms with Gasteiger partial charge in [-0.1, -0.05) is 41.9 Å². The summed E-state index contributed by atoms with van der Waals surface area (Å²) in [7, 11) is 0. The molecule has 0 spiro atoms. The Bertz CT molecular complexity index is 1450. The summed E-state index contributed by atoms with van der Waals surface area (Å²) in [5.41, 5.74) is 17.3. The molecule has 4 heterocycles. The van der Waals surface area contributed by atoms with Crippen LogP contribution in [-0.2, 0) is 24.3 Å². The molecule has 2 aliphatic rings. The van der Waals surface area contributed by atoms with Crippen molar-refractivity contribution in [2.45, 2.75) is 24.3 Å². The maximum atomic E-state index is 12.6. The van der Waals surface area contributed by atoms with Crippen LogP contribution in [0.5, 0.6) is 0 Å². The van der Waals surface area contributed by atoms with Crippen LogP contribution in [0.25, 0.3) is 0 Å². The largest absolute Gasteiger partial charge is 0.390 e. The molecule has 0 aliphatic carbocycles. The number of nitrogen functional groups attached to an aromatic ring is 2. The van der Waals surface area contributed by atoms with E-state index in [4.69, 9.17) is 23.1 Å². The van der Waals surface area contributed by atoms with Gasteiger partial charge in [-0.25, -0.2) is 0 Å². The summed E-state index contributed by atoms with van der Waals surface area (Å²) in [6.45, 7) is 0. The van der Waals surface area contributed by atoms with E-state index in [-0.39, 0.29) is 11.6 Å². The summed E-state index contributed by atoms with van der Waals surface area (Å²) >= 11 is 12.8. The zero-order valence-corrected chi connectivity index (χ0v) is 23.9. The lowest BCUT2D eigenvalue weighted by molar-refractivity contribution is 0.103. The van der Waals surface area contributed by atoms with Crippen molar-refractivity contribution in [3.8, 4) is 0 Å². The van der Waals surface area contributed by atoms with Gasteiger partial charge in [-0.05, 0) is 59.7 Å². The Morgan fingerprint density at radius 3 is 1.62 bits per heavy atom. The molecular formula is C28H25ClN2O2S4. The van der Waals surface area contributed by atoms with Gasteiger partial charge >= 0.3 is 0 Å². The lowest BCUT2D eigenvalue weighted by atomic mass is 9.99. The molecule has 37 heavy (non-hydrogen) atoms. The first-order valence-electron chi connectivity index (χ1n) is 11.8. The van der Waals surface area contributed by atoms with Gasteiger partial charge in [-0.15, -0.1) is 22.7 Å². The number of ketones is 2. The van der Waals surface area contributed by atoms with Crippen LogP contribution >= 0.6 is 57.8 Å². The third kappa shape index (κ3) is 5.64. The Balaban J connectivity index is 0.000000152. The molecule has 2 aromatic heterocycles. The number of benzene rings is 2. The Hall–Kier alpha value is -2.23. The summed E-state index contributed by atoms with van der Waals surface area (Å²) < 4.78 is 0. The van der Waals surface area contributed by atoms with Gasteiger partial charge in [0.25, 0.3) is 0 Å². The minimum Gasteiger partial charge on any atom is -0.390 e. The summed E-state index contributed by atoms with van der Waals surface area (Å²) in [6.07, 6.45) is 1.89. The van der Waals surface area contributed by atoms with Gasteiger partial charge in [0.1, 0.15) is 0 Å². The van der Waals surface area contributed by atoms with E-state index in [1.807, 2.05) is 53.9 Å². The molecule has 4 nitrogen and oxygen atoms in total. The van der Waals surface area contributed by atoms with Crippen LogP contribution in [0.1, 0.15) is 52.7 Å². The molecule has 190 valence electrons. The second-order valence-electron chi connectivity index (χ2n) is 8.62. The molecule has 0 saturated heterocycles. The number of carbonyl (C=O) groups is 2. The molecule has 0 atom stereocenters. The average molecular weight is 585 g/mol. The Morgan fingerprint density at radius 2 is 1.14 bits per heavy atom. The number of fused-ring (bicyclic) bond motifs is 2. The lowest BCUT2D eigenvalue weighted by Gasteiger charge is -2.12. The average Bonchev–Trinajstić information content (AvgIpc) is 3.44.